The molecule has 3 aromatic heterocycles. The molecule has 1 aliphatic heterocycles. The third kappa shape index (κ3) is 14.7. The van der Waals surface area contributed by atoms with Gasteiger partial charge in [0.05, 0.1) is 79.4 Å². The standard InChI is InChI=1S/C50H63FN10O9S/c1-29-36(24-54-26-38(29)52)35-20-33-21-40(56-25-37(33)45(53)44(35)51)59-42(64)10-13-55-41(63)11-14-68-16-18-70-19-17-69-15-12-43(65)60-47(50(3,4)5)49(67)61-27-34(62)22-39(61)48(66)57-23-31-6-8-32(9-7-31)46-30(2)58-28-71-46/h6-9,20-21,24-26,28,34,39,47,62H,10-19,22-23,27,52-53H2,1-5H3,(H,55,63)(H,57,66)(H,60,65)(H,56,59,64)/t34?,39-,47+/m0/s1. The van der Waals surface area contributed by atoms with Crippen LogP contribution in [0, 0.1) is 25.1 Å². The Kier molecular flexibility index (Phi) is 18.9. The van der Waals surface area contributed by atoms with Crippen LogP contribution in [0.25, 0.3) is 32.3 Å². The molecular formula is C50H63FN10O9S. The fourth-order valence-electron chi connectivity index (χ4n) is 7.87. The van der Waals surface area contributed by atoms with Crippen LogP contribution < -0.4 is 32.7 Å². The third-order valence-electron chi connectivity index (χ3n) is 11.9. The van der Waals surface area contributed by atoms with Gasteiger partial charge in [-0.05, 0) is 53.5 Å². The normalized spacial score (nSPS) is 15.1. The summed E-state index contributed by atoms with van der Waals surface area (Å²) in [6.07, 6.45) is 3.61. The number of carbonyl (C=O) groups is 5. The largest absolute Gasteiger partial charge is 0.397 e. The molecule has 1 saturated heterocycles. The number of aryl methyl sites for hydroxylation is 1. The number of hydrogen-bond acceptors (Lipinski definition) is 15. The number of thiazole rings is 1. The molecule has 3 atom stereocenters. The van der Waals surface area contributed by atoms with Crippen LogP contribution in [0.3, 0.4) is 0 Å². The Morgan fingerprint density at radius 1 is 0.859 bits per heavy atom. The number of aromatic nitrogens is 3. The maximum Gasteiger partial charge on any atom is 0.246 e. The van der Waals surface area contributed by atoms with Gasteiger partial charge in [0.1, 0.15) is 17.9 Å². The van der Waals surface area contributed by atoms with E-state index in [4.69, 9.17) is 25.7 Å². The monoisotopic (exact) mass is 998 g/mol. The molecule has 0 bridgehead atoms. The fraction of sp³-hybridized carbons (Fsp3) is 0.440. The zero-order valence-corrected chi connectivity index (χ0v) is 41.5. The summed E-state index contributed by atoms with van der Waals surface area (Å²) >= 11 is 1.56. The predicted octanol–water partition coefficient (Wildman–Crippen LogP) is 4.42. The van der Waals surface area contributed by atoms with E-state index in [1.165, 1.54) is 23.5 Å². The third-order valence-corrected chi connectivity index (χ3v) is 12.9. The molecule has 0 spiro atoms. The van der Waals surface area contributed by atoms with Crippen molar-refractivity contribution in [2.75, 3.05) is 69.5 Å². The van der Waals surface area contributed by atoms with E-state index in [-0.39, 0.29) is 120 Å². The summed E-state index contributed by atoms with van der Waals surface area (Å²) in [5.41, 5.74) is 17.8. The summed E-state index contributed by atoms with van der Waals surface area (Å²) in [6, 6.07) is 9.14. The smallest absolute Gasteiger partial charge is 0.246 e. The Morgan fingerprint density at radius 2 is 1.54 bits per heavy atom. The average molecular weight is 999 g/mol. The van der Waals surface area contributed by atoms with Crippen LogP contribution in [0.1, 0.15) is 63.3 Å². The summed E-state index contributed by atoms with van der Waals surface area (Å²) in [7, 11) is 0. The highest BCUT2D eigenvalue weighted by Crippen LogP contribution is 2.36. The first-order valence-corrected chi connectivity index (χ1v) is 24.2. The van der Waals surface area contributed by atoms with Crippen LogP contribution >= 0.6 is 11.3 Å². The van der Waals surface area contributed by atoms with Gasteiger partial charge in [0, 0.05) is 74.2 Å². The molecule has 0 radical (unpaired) electrons. The second-order valence-electron chi connectivity index (χ2n) is 18.3. The van der Waals surface area contributed by atoms with E-state index in [0.29, 0.717) is 27.6 Å². The van der Waals surface area contributed by atoms with Crippen molar-refractivity contribution < 1.29 is 47.7 Å². The van der Waals surface area contributed by atoms with Gasteiger partial charge in [-0.3, -0.25) is 29.0 Å². The molecule has 5 amide bonds. The molecule has 1 unspecified atom stereocenters. The number of aliphatic hydroxyl groups is 1. The van der Waals surface area contributed by atoms with Crippen molar-refractivity contribution in [3.63, 3.8) is 0 Å². The SMILES string of the molecule is Cc1ncsc1-c1ccc(CNC(=O)[C@@H]2CC(O)CN2C(=O)[C@@H](NC(=O)CCOCCOCCOCCC(=O)NCCC(=O)Nc2cc3cc(-c4cncc(N)c4C)c(F)c(N)c3cn2)C(C)(C)C)cc1. The van der Waals surface area contributed by atoms with E-state index in [2.05, 4.69) is 36.2 Å². The maximum absolute atomic E-state index is 15.3. The molecule has 4 heterocycles. The van der Waals surface area contributed by atoms with E-state index >= 15 is 4.39 Å². The van der Waals surface area contributed by atoms with Crippen LogP contribution in [-0.2, 0) is 44.7 Å². The number of halogens is 1. The minimum Gasteiger partial charge on any atom is -0.397 e. The van der Waals surface area contributed by atoms with E-state index in [1.54, 1.807) is 35.9 Å². The quantitative estimate of drug-likeness (QED) is 0.0353. The Bertz CT molecular complexity index is 2680. The number of rotatable bonds is 23. The summed E-state index contributed by atoms with van der Waals surface area (Å²) in [5, 5.41) is 22.6. The molecule has 19 nitrogen and oxygen atoms in total. The number of nitrogens with one attached hydrogen (secondary N) is 4. The van der Waals surface area contributed by atoms with Gasteiger partial charge in [-0.15, -0.1) is 11.3 Å². The molecular weight excluding hydrogens is 936 g/mol. The number of benzene rings is 2. The molecule has 380 valence electrons. The number of carbonyl (C=O) groups excluding carboxylic acids is 5. The number of pyridine rings is 2. The van der Waals surface area contributed by atoms with Crippen molar-refractivity contribution in [3.8, 4) is 21.6 Å². The minimum absolute atomic E-state index is 0.0182. The van der Waals surface area contributed by atoms with E-state index < -0.39 is 41.2 Å². The molecule has 71 heavy (non-hydrogen) atoms. The predicted molar refractivity (Wildman–Crippen MR) is 268 cm³/mol. The first-order valence-electron chi connectivity index (χ1n) is 23.3. The number of β-amino-alcohol motifs (C(OH)–C–C–N with tert-alkyl or cyclic N) is 1. The summed E-state index contributed by atoms with van der Waals surface area (Å²) < 4.78 is 31.8. The lowest BCUT2D eigenvalue weighted by Gasteiger charge is -2.35. The number of amides is 5. The van der Waals surface area contributed by atoms with Crippen molar-refractivity contribution in [1.29, 1.82) is 0 Å². The number of nitrogens with two attached hydrogens (primary N) is 2. The second-order valence-corrected chi connectivity index (χ2v) is 19.1. The van der Waals surface area contributed by atoms with Crippen LogP contribution in [-0.4, -0.2) is 125 Å². The van der Waals surface area contributed by atoms with Gasteiger partial charge in [-0.2, -0.15) is 0 Å². The van der Waals surface area contributed by atoms with Crippen molar-refractivity contribution in [2.24, 2.45) is 5.41 Å². The maximum atomic E-state index is 15.3. The summed E-state index contributed by atoms with van der Waals surface area (Å²) in [6.45, 7) is 10.6. The number of nitrogens with zero attached hydrogens (tertiary/aromatic N) is 4. The van der Waals surface area contributed by atoms with Gasteiger partial charge >= 0.3 is 0 Å². The zero-order valence-electron chi connectivity index (χ0n) is 40.6. The van der Waals surface area contributed by atoms with Crippen molar-refractivity contribution in [1.82, 2.24) is 35.8 Å². The molecule has 0 aliphatic carbocycles. The molecule has 21 heteroatoms. The fourth-order valence-corrected chi connectivity index (χ4v) is 8.68. The molecule has 0 saturated carbocycles. The van der Waals surface area contributed by atoms with Crippen molar-refractivity contribution in [2.45, 2.75) is 85.0 Å². The zero-order chi connectivity index (χ0) is 51.2. The molecule has 6 rings (SSSR count). The van der Waals surface area contributed by atoms with Gasteiger partial charge in [0.2, 0.25) is 29.5 Å². The van der Waals surface area contributed by atoms with E-state index in [9.17, 15) is 29.1 Å². The number of nitrogen functional groups attached to an aromatic ring is 2. The van der Waals surface area contributed by atoms with Gasteiger partial charge in [0.15, 0.2) is 5.82 Å². The number of hydrogen-bond donors (Lipinski definition) is 7. The van der Waals surface area contributed by atoms with Crippen LogP contribution in [0.15, 0.2) is 60.5 Å². The lowest BCUT2D eigenvalue weighted by Crippen LogP contribution is -2.57. The Hall–Kier alpha value is -6.65. The van der Waals surface area contributed by atoms with E-state index in [0.717, 1.165) is 21.7 Å². The summed E-state index contributed by atoms with van der Waals surface area (Å²) in [4.78, 5) is 80.3. The van der Waals surface area contributed by atoms with Crippen LogP contribution in [0.4, 0.5) is 21.6 Å². The molecule has 9 N–H and O–H groups in total. The lowest BCUT2D eigenvalue weighted by molar-refractivity contribution is -0.144. The van der Waals surface area contributed by atoms with Crippen molar-refractivity contribution in [3.05, 3.63) is 83.1 Å². The second kappa shape index (κ2) is 25.0. The summed E-state index contributed by atoms with van der Waals surface area (Å²) in [5.74, 6) is -2.32. The van der Waals surface area contributed by atoms with Crippen LogP contribution in [0.2, 0.25) is 0 Å². The van der Waals surface area contributed by atoms with Crippen LogP contribution in [0.5, 0.6) is 0 Å². The first kappa shape index (κ1) is 53.7. The Morgan fingerprint density at radius 3 is 2.20 bits per heavy atom. The van der Waals surface area contributed by atoms with Crippen molar-refractivity contribution >= 4 is 68.8 Å². The number of ether oxygens (including phenoxy) is 3. The lowest BCUT2D eigenvalue weighted by atomic mass is 9.85. The minimum atomic E-state index is -0.962. The highest BCUT2D eigenvalue weighted by molar-refractivity contribution is 7.13. The van der Waals surface area contributed by atoms with Gasteiger partial charge in [-0.25, -0.2) is 14.4 Å². The molecule has 2 aromatic carbocycles. The van der Waals surface area contributed by atoms with Gasteiger partial charge in [-0.1, -0.05) is 45.0 Å². The highest BCUT2D eigenvalue weighted by atomic mass is 32.1. The van der Waals surface area contributed by atoms with E-state index in [1.807, 2.05) is 52.0 Å². The number of aliphatic hydroxyl groups excluding tert-OH is 1. The molecule has 1 aliphatic rings. The first-order chi connectivity index (χ1) is 33.9. The van der Waals surface area contributed by atoms with Gasteiger partial charge in [0.25, 0.3) is 0 Å². The topological polar surface area (TPSA) is 275 Å². The number of anilines is 3. The number of likely N-dealkylation sites (tertiary alicyclic amines) is 1. The number of fused-ring (bicyclic) bond motifs is 1. The van der Waals surface area contributed by atoms with Gasteiger partial charge < -0.3 is 57.0 Å². The highest BCUT2D eigenvalue weighted by Gasteiger charge is 2.44. The Labute approximate surface area is 415 Å². The molecule has 5 aromatic rings. The molecule has 1 fully saturated rings. The Balaban J connectivity index is 0.811. The average Bonchev–Trinajstić information content (AvgIpc) is 3.95.